The minimum Gasteiger partial charge on any atom is -0.139 e. The molecule has 0 aliphatic heterocycles. The van der Waals surface area contributed by atoms with Gasteiger partial charge in [-0.25, -0.2) is 0 Å². The Bertz CT molecular complexity index is 672. The summed E-state index contributed by atoms with van der Waals surface area (Å²) in [6, 6.07) is 10.7. The molecule has 0 radical (unpaired) electrons. The summed E-state index contributed by atoms with van der Waals surface area (Å²) in [5, 5.41) is 0. The molecule has 0 unspecified atom stereocenters. The van der Waals surface area contributed by atoms with Gasteiger partial charge in [0.2, 0.25) is 0 Å². The summed E-state index contributed by atoms with van der Waals surface area (Å²) in [7, 11) is 0. The summed E-state index contributed by atoms with van der Waals surface area (Å²) in [5.41, 5.74) is 4.24. The second-order valence-corrected chi connectivity index (χ2v) is 6.79. The van der Waals surface area contributed by atoms with Crippen molar-refractivity contribution in [3.8, 4) is 11.1 Å². The molecule has 0 N–H and O–H groups in total. The first-order valence-electron chi connectivity index (χ1n) is 5.73. The van der Waals surface area contributed by atoms with E-state index in [-0.39, 0.29) is 0 Å². The van der Waals surface area contributed by atoms with Crippen LogP contribution in [0.1, 0.15) is 15.3 Å². The molecular weight excluding hydrogens is 244 g/mol. The standard InChI is InChI=1S/C15H14S2/c1-9-10(2)16-15-13(11(3)17-14(9)15)12-7-5-4-6-8-12/h4-8H,1-3H3. The molecule has 0 spiro atoms. The minimum absolute atomic E-state index is 1.34. The summed E-state index contributed by atoms with van der Waals surface area (Å²) in [6.07, 6.45) is 0. The second-order valence-electron chi connectivity index (χ2n) is 4.34. The minimum atomic E-state index is 1.34. The van der Waals surface area contributed by atoms with Gasteiger partial charge in [0.15, 0.2) is 0 Å². The average Bonchev–Trinajstić information content (AvgIpc) is 2.78. The van der Waals surface area contributed by atoms with Gasteiger partial charge in [-0.15, -0.1) is 22.7 Å². The van der Waals surface area contributed by atoms with Gasteiger partial charge in [0.05, 0.1) is 4.70 Å². The Hall–Kier alpha value is -1.12. The van der Waals surface area contributed by atoms with Gasteiger partial charge in [0.25, 0.3) is 0 Å². The van der Waals surface area contributed by atoms with E-state index in [9.17, 15) is 0 Å². The van der Waals surface area contributed by atoms with Crippen molar-refractivity contribution in [3.05, 3.63) is 45.6 Å². The highest BCUT2D eigenvalue weighted by Crippen LogP contribution is 2.44. The van der Waals surface area contributed by atoms with Crippen LogP contribution in [-0.4, -0.2) is 0 Å². The lowest BCUT2D eigenvalue weighted by molar-refractivity contribution is 1.48. The fourth-order valence-corrected chi connectivity index (χ4v) is 4.89. The van der Waals surface area contributed by atoms with E-state index in [1.165, 1.54) is 35.8 Å². The molecule has 0 bridgehead atoms. The lowest BCUT2D eigenvalue weighted by Gasteiger charge is -1.99. The van der Waals surface area contributed by atoms with Gasteiger partial charge >= 0.3 is 0 Å². The Kier molecular flexibility index (Phi) is 2.57. The van der Waals surface area contributed by atoms with Crippen LogP contribution in [0.15, 0.2) is 30.3 Å². The fraction of sp³-hybridized carbons (Fsp3) is 0.200. The largest absolute Gasteiger partial charge is 0.139 e. The molecule has 2 aromatic heterocycles. The van der Waals surface area contributed by atoms with E-state index in [4.69, 9.17) is 0 Å². The molecule has 3 aromatic rings. The third-order valence-electron chi connectivity index (χ3n) is 3.23. The lowest BCUT2D eigenvalue weighted by atomic mass is 10.1. The SMILES string of the molecule is Cc1sc2c(-c3ccccc3)c(C)sc2c1C. The summed E-state index contributed by atoms with van der Waals surface area (Å²) < 4.78 is 2.94. The normalized spacial score (nSPS) is 11.2. The Morgan fingerprint density at radius 2 is 1.41 bits per heavy atom. The van der Waals surface area contributed by atoms with Gasteiger partial charge in [-0.2, -0.15) is 0 Å². The van der Waals surface area contributed by atoms with E-state index in [0.29, 0.717) is 0 Å². The molecule has 17 heavy (non-hydrogen) atoms. The summed E-state index contributed by atoms with van der Waals surface area (Å²) in [4.78, 5) is 2.88. The third-order valence-corrected chi connectivity index (χ3v) is 5.81. The van der Waals surface area contributed by atoms with Crippen LogP contribution in [0.2, 0.25) is 0 Å². The molecule has 2 heterocycles. The van der Waals surface area contributed by atoms with Crippen LogP contribution in [0.3, 0.4) is 0 Å². The van der Waals surface area contributed by atoms with Crippen molar-refractivity contribution in [3.63, 3.8) is 0 Å². The van der Waals surface area contributed by atoms with E-state index in [1.807, 2.05) is 22.7 Å². The van der Waals surface area contributed by atoms with Crippen molar-refractivity contribution in [2.75, 3.05) is 0 Å². The highest BCUT2D eigenvalue weighted by Gasteiger charge is 2.15. The molecule has 0 saturated heterocycles. The topological polar surface area (TPSA) is 0 Å². The maximum atomic E-state index is 2.24. The zero-order valence-corrected chi connectivity index (χ0v) is 11.8. The quantitative estimate of drug-likeness (QED) is 0.536. The van der Waals surface area contributed by atoms with Crippen molar-refractivity contribution < 1.29 is 0 Å². The van der Waals surface area contributed by atoms with Crippen molar-refractivity contribution in [2.45, 2.75) is 20.8 Å². The van der Waals surface area contributed by atoms with Gasteiger partial charge in [-0.1, -0.05) is 30.3 Å². The maximum absolute atomic E-state index is 2.24. The van der Waals surface area contributed by atoms with Gasteiger partial charge < -0.3 is 0 Å². The number of aryl methyl sites for hydroxylation is 3. The summed E-state index contributed by atoms with van der Waals surface area (Å²) in [5.74, 6) is 0. The van der Waals surface area contributed by atoms with Crippen LogP contribution in [0.5, 0.6) is 0 Å². The number of hydrogen-bond acceptors (Lipinski definition) is 2. The average molecular weight is 258 g/mol. The van der Waals surface area contributed by atoms with Crippen LogP contribution in [0, 0.1) is 20.8 Å². The number of rotatable bonds is 1. The van der Waals surface area contributed by atoms with E-state index < -0.39 is 0 Å². The molecular formula is C15H14S2. The molecule has 0 aliphatic rings. The molecule has 0 fully saturated rings. The molecule has 0 aliphatic carbocycles. The van der Waals surface area contributed by atoms with Gasteiger partial charge in [-0.05, 0) is 31.9 Å². The van der Waals surface area contributed by atoms with Crippen molar-refractivity contribution in [1.82, 2.24) is 0 Å². The molecule has 2 heteroatoms. The Balaban J connectivity index is 2.36. The van der Waals surface area contributed by atoms with Crippen LogP contribution in [0.25, 0.3) is 20.5 Å². The van der Waals surface area contributed by atoms with Gasteiger partial charge in [0.1, 0.15) is 0 Å². The van der Waals surface area contributed by atoms with Crippen LogP contribution in [0.4, 0.5) is 0 Å². The van der Waals surface area contributed by atoms with Crippen molar-refractivity contribution in [2.24, 2.45) is 0 Å². The summed E-state index contributed by atoms with van der Waals surface area (Å²) in [6.45, 7) is 6.68. The first-order valence-corrected chi connectivity index (χ1v) is 7.36. The molecule has 3 rings (SSSR count). The second kappa shape index (κ2) is 3.97. The number of benzene rings is 1. The first-order chi connectivity index (χ1) is 8.18. The number of thiophene rings is 2. The molecule has 0 nitrogen and oxygen atoms in total. The zero-order chi connectivity index (χ0) is 12.0. The first kappa shape index (κ1) is 11.0. The molecule has 1 aromatic carbocycles. The smallest absolute Gasteiger partial charge is 0.0537 e. The van der Waals surface area contributed by atoms with Crippen molar-refractivity contribution in [1.29, 1.82) is 0 Å². The Labute approximate surface area is 110 Å². The monoisotopic (exact) mass is 258 g/mol. The predicted molar refractivity (Wildman–Crippen MR) is 79.3 cm³/mol. The van der Waals surface area contributed by atoms with E-state index in [0.717, 1.165) is 0 Å². The zero-order valence-electron chi connectivity index (χ0n) is 10.2. The number of hydrogen-bond donors (Lipinski definition) is 0. The predicted octanol–water partition coefficient (Wildman–Crippen LogP) is 5.56. The van der Waals surface area contributed by atoms with E-state index in [1.54, 1.807) is 0 Å². The van der Waals surface area contributed by atoms with Gasteiger partial charge in [-0.3, -0.25) is 0 Å². The van der Waals surface area contributed by atoms with E-state index in [2.05, 4.69) is 51.1 Å². The Morgan fingerprint density at radius 1 is 0.765 bits per heavy atom. The molecule has 0 atom stereocenters. The fourth-order valence-electron chi connectivity index (χ4n) is 2.20. The van der Waals surface area contributed by atoms with Gasteiger partial charge in [0, 0.05) is 20.0 Å². The summed E-state index contributed by atoms with van der Waals surface area (Å²) >= 11 is 3.86. The molecule has 0 amide bonds. The van der Waals surface area contributed by atoms with Crippen molar-refractivity contribution >= 4 is 32.1 Å². The molecule has 86 valence electrons. The van der Waals surface area contributed by atoms with E-state index >= 15 is 0 Å². The third kappa shape index (κ3) is 1.63. The number of fused-ring (bicyclic) bond motifs is 1. The highest BCUT2D eigenvalue weighted by atomic mass is 32.1. The Morgan fingerprint density at radius 3 is 2.12 bits per heavy atom. The molecule has 0 saturated carbocycles. The highest BCUT2D eigenvalue weighted by molar-refractivity contribution is 7.29. The van der Waals surface area contributed by atoms with Crippen LogP contribution in [-0.2, 0) is 0 Å². The maximum Gasteiger partial charge on any atom is 0.0537 e. The van der Waals surface area contributed by atoms with Crippen LogP contribution >= 0.6 is 22.7 Å². The lowest BCUT2D eigenvalue weighted by Crippen LogP contribution is -1.75. The van der Waals surface area contributed by atoms with Crippen LogP contribution < -0.4 is 0 Å².